The van der Waals surface area contributed by atoms with Crippen molar-refractivity contribution in [2.24, 2.45) is 0 Å². The van der Waals surface area contributed by atoms with E-state index in [9.17, 15) is 14.5 Å². The van der Waals surface area contributed by atoms with Crippen molar-refractivity contribution in [2.45, 2.75) is 19.5 Å². The molecule has 0 aliphatic heterocycles. The third-order valence-corrected chi connectivity index (χ3v) is 3.39. The van der Waals surface area contributed by atoms with Gasteiger partial charge in [-0.1, -0.05) is 23.7 Å². The van der Waals surface area contributed by atoms with Crippen molar-refractivity contribution >= 4 is 17.3 Å². The summed E-state index contributed by atoms with van der Waals surface area (Å²) in [6.07, 6.45) is 0. The maximum Gasteiger partial charge on any atom is 0.272 e. The van der Waals surface area contributed by atoms with E-state index in [1.54, 1.807) is 12.1 Å². The standard InChI is InChI=1S/C15H14ClFN2O2/c1-10(12-2-4-13(16)5-3-12)18-9-11-6-14(17)8-15(7-11)19(20)21/h2-8,10,18H,9H2,1H3. The predicted molar refractivity (Wildman–Crippen MR) is 79.8 cm³/mol. The summed E-state index contributed by atoms with van der Waals surface area (Å²) in [5.41, 5.74) is 1.32. The van der Waals surface area contributed by atoms with Crippen molar-refractivity contribution in [2.75, 3.05) is 0 Å². The Morgan fingerprint density at radius 2 is 1.95 bits per heavy atom. The van der Waals surface area contributed by atoms with Gasteiger partial charge in [-0.05, 0) is 36.2 Å². The smallest absolute Gasteiger partial charge is 0.272 e. The number of nitrogens with one attached hydrogen (secondary N) is 1. The SMILES string of the molecule is CC(NCc1cc(F)cc([N+](=O)[O-])c1)c1ccc(Cl)cc1. The van der Waals surface area contributed by atoms with E-state index in [4.69, 9.17) is 11.6 Å². The van der Waals surface area contributed by atoms with Gasteiger partial charge in [-0.3, -0.25) is 10.1 Å². The lowest BCUT2D eigenvalue weighted by atomic mass is 10.1. The van der Waals surface area contributed by atoms with Gasteiger partial charge in [0.05, 0.1) is 11.0 Å². The zero-order valence-corrected chi connectivity index (χ0v) is 12.1. The molecule has 0 spiro atoms. The maximum absolute atomic E-state index is 13.3. The minimum atomic E-state index is -0.611. The first kappa shape index (κ1) is 15.4. The minimum Gasteiger partial charge on any atom is -0.306 e. The van der Waals surface area contributed by atoms with Crippen molar-refractivity contribution < 1.29 is 9.31 Å². The Kier molecular flexibility index (Phi) is 4.88. The lowest BCUT2D eigenvalue weighted by molar-refractivity contribution is -0.385. The van der Waals surface area contributed by atoms with Crippen LogP contribution < -0.4 is 5.32 Å². The maximum atomic E-state index is 13.3. The van der Waals surface area contributed by atoms with Gasteiger partial charge in [-0.25, -0.2) is 4.39 Å². The quantitative estimate of drug-likeness (QED) is 0.664. The summed E-state index contributed by atoms with van der Waals surface area (Å²) in [4.78, 5) is 10.1. The molecule has 0 heterocycles. The lowest BCUT2D eigenvalue weighted by Gasteiger charge is -2.14. The minimum absolute atomic E-state index is 0.0181. The second kappa shape index (κ2) is 6.65. The monoisotopic (exact) mass is 308 g/mol. The van der Waals surface area contributed by atoms with Gasteiger partial charge < -0.3 is 5.32 Å². The molecule has 0 saturated carbocycles. The number of benzene rings is 2. The van der Waals surface area contributed by atoms with Gasteiger partial charge >= 0.3 is 0 Å². The second-order valence-corrected chi connectivity index (χ2v) is 5.17. The first-order chi connectivity index (χ1) is 9.95. The first-order valence-electron chi connectivity index (χ1n) is 6.38. The Labute approximate surface area is 126 Å². The fourth-order valence-corrected chi connectivity index (χ4v) is 2.11. The van der Waals surface area contributed by atoms with Crippen molar-refractivity contribution in [1.29, 1.82) is 0 Å². The lowest BCUT2D eigenvalue weighted by Crippen LogP contribution is -2.18. The molecule has 2 aromatic rings. The molecule has 0 amide bonds. The largest absolute Gasteiger partial charge is 0.306 e. The Balaban J connectivity index is 2.05. The molecule has 0 radical (unpaired) electrons. The first-order valence-corrected chi connectivity index (χ1v) is 6.76. The van der Waals surface area contributed by atoms with E-state index in [1.165, 1.54) is 12.1 Å². The van der Waals surface area contributed by atoms with Crippen LogP contribution in [0.5, 0.6) is 0 Å². The average molecular weight is 309 g/mol. The van der Waals surface area contributed by atoms with E-state index in [1.807, 2.05) is 19.1 Å². The van der Waals surface area contributed by atoms with Crippen LogP contribution in [0.1, 0.15) is 24.1 Å². The average Bonchev–Trinajstić information content (AvgIpc) is 2.45. The van der Waals surface area contributed by atoms with E-state index >= 15 is 0 Å². The zero-order chi connectivity index (χ0) is 15.4. The molecule has 2 rings (SSSR count). The van der Waals surface area contributed by atoms with Crippen molar-refractivity contribution in [3.63, 3.8) is 0 Å². The van der Waals surface area contributed by atoms with Crippen LogP contribution in [-0.4, -0.2) is 4.92 Å². The van der Waals surface area contributed by atoms with Crippen LogP contribution >= 0.6 is 11.6 Å². The number of halogens is 2. The summed E-state index contributed by atoms with van der Waals surface area (Å²) in [7, 11) is 0. The van der Waals surface area contributed by atoms with Gasteiger partial charge in [0.25, 0.3) is 5.69 Å². The van der Waals surface area contributed by atoms with E-state index in [0.29, 0.717) is 17.1 Å². The van der Waals surface area contributed by atoms with Gasteiger partial charge in [0.15, 0.2) is 0 Å². The molecule has 6 heteroatoms. The molecule has 0 bridgehead atoms. The fraction of sp³-hybridized carbons (Fsp3) is 0.200. The molecule has 110 valence electrons. The van der Waals surface area contributed by atoms with Crippen molar-refractivity contribution in [1.82, 2.24) is 5.32 Å². The highest BCUT2D eigenvalue weighted by Crippen LogP contribution is 2.19. The molecule has 21 heavy (non-hydrogen) atoms. The normalized spacial score (nSPS) is 12.1. The molecule has 0 aromatic heterocycles. The van der Waals surface area contributed by atoms with E-state index < -0.39 is 10.7 Å². The number of nitro benzene ring substituents is 1. The van der Waals surface area contributed by atoms with Gasteiger partial charge in [0, 0.05) is 23.7 Å². The number of hydrogen-bond acceptors (Lipinski definition) is 3. The molecule has 1 N–H and O–H groups in total. The van der Waals surface area contributed by atoms with E-state index in [0.717, 1.165) is 11.6 Å². The van der Waals surface area contributed by atoms with Gasteiger partial charge in [-0.15, -0.1) is 0 Å². The Morgan fingerprint density at radius 1 is 1.29 bits per heavy atom. The summed E-state index contributed by atoms with van der Waals surface area (Å²) in [6.45, 7) is 2.29. The highest BCUT2D eigenvalue weighted by molar-refractivity contribution is 6.30. The van der Waals surface area contributed by atoms with Gasteiger partial charge in [0.2, 0.25) is 0 Å². The third kappa shape index (κ3) is 4.24. The molecule has 0 fully saturated rings. The number of hydrogen-bond donors (Lipinski definition) is 1. The van der Waals surface area contributed by atoms with Gasteiger partial charge in [0.1, 0.15) is 5.82 Å². The van der Waals surface area contributed by atoms with Crippen molar-refractivity contribution in [3.05, 3.63) is 74.5 Å². The highest BCUT2D eigenvalue weighted by Gasteiger charge is 2.11. The van der Waals surface area contributed by atoms with Crippen LogP contribution in [0.3, 0.4) is 0 Å². The van der Waals surface area contributed by atoms with Crippen LogP contribution in [-0.2, 0) is 6.54 Å². The number of non-ortho nitro benzene ring substituents is 1. The summed E-state index contributed by atoms with van der Waals surface area (Å²) >= 11 is 5.83. The number of nitrogens with zero attached hydrogens (tertiary/aromatic N) is 1. The Morgan fingerprint density at radius 3 is 2.57 bits per heavy atom. The molecule has 0 aliphatic carbocycles. The van der Waals surface area contributed by atoms with Crippen LogP contribution in [0, 0.1) is 15.9 Å². The Hall–Kier alpha value is -1.98. The third-order valence-electron chi connectivity index (χ3n) is 3.14. The Bertz CT molecular complexity index is 647. The number of rotatable bonds is 5. The molecule has 2 aromatic carbocycles. The molecule has 1 unspecified atom stereocenters. The number of nitro groups is 1. The molecular weight excluding hydrogens is 295 g/mol. The van der Waals surface area contributed by atoms with E-state index in [-0.39, 0.29) is 11.7 Å². The van der Waals surface area contributed by atoms with Crippen LogP contribution in [0.2, 0.25) is 5.02 Å². The zero-order valence-electron chi connectivity index (χ0n) is 11.3. The summed E-state index contributed by atoms with van der Waals surface area (Å²) in [6, 6.07) is 11.0. The molecule has 1 atom stereocenters. The fourth-order valence-electron chi connectivity index (χ4n) is 1.98. The van der Waals surface area contributed by atoms with E-state index in [2.05, 4.69) is 5.32 Å². The van der Waals surface area contributed by atoms with Crippen LogP contribution in [0.15, 0.2) is 42.5 Å². The summed E-state index contributed by atoms with van der Waals surface area (Å²) in [5, 5.41) is 14.6. The summed E-state index contributed by atoms with van der Waals surface area (Å²) < 4.78 is 13.3. The summed E-state index contributed by atoms with van der Waals surface area (Å²) in [5.74, 6) is -0.611. The van der Waals surface area contributed by atoms with Crippen LogP contribution in [0.4, 0.5) is 10.1 Å². The topological polar surface area (TPSA) is 55.2 Å². The molecule has 0 aliphatic rings. The molecular formula is C15H14ClFN2O2. The van der Waals surface area contributed by atoms with Crippen LogP contribution in [0.25, 0.3) is 0 Å². The van der Waals surface area contributed by atoms with Gasteiger partial charge in [-0.2, -0.15) is 0 Å². The second-order valence-electron chi connectivity index (χ2n) is 4.73. The van der Waals surface area contributed by atoms with Crippen molar-refractivity contribution in [3.8, 4) is 0 Å². The highest BCUT2D eigenvalue weighted by atomic mass is 35.5. The molecule has 4 nitrogen and oxygen atoms in total. The predicted octanol–water partition coefficient (Wildman–Crippen LogP) is 4.24. The molecule has 0 saturated heterocycles.